The van der Waals surface area contributed by atoms with E-state index in [1.807, 2.05) is 0 Å². The first-order valence-electron chi connectivity index (χ1n) is 4.75. The maximum atomic E-state index is 9.69. The third kappa shape index (κ3) is 2.13. The number of nitrogens with zero attached hydrogens (tertiary/aromatic N) is 1. The molecule has 2 atom stereocenters. The zero-order valence-electron chi connectivity index (χ0n) is 7.54. The molecule has 3 nitrogen and oxygen atoms in total. The van der Waals surface area contributed by atoms with E-state index < -0.39 is 0 Å². The Morgan fingerprint density at radius 3 is 3.00 bits per heavy atom. The predicted octanol–water partition coefficient (Wildman–Crippen LogP) is 0.304. The van der Waals surface area contributed by atoms with Crippen molar-refractivity contribution in [3.05, 3.63) is 10.6 Å². The summed E-state index contributed by atoms with van der Waals surface area (Å²) >= 11 is 3.51. The lowest BCUT2D eigenvalue weighted by molar-refractivity contribution is 0.0887. The molecule has 0 spiro atoms. The van der Waals surface area contributed by atoms with E-state index in [1.54, 1.807) is 0 Å². The molecule has 4 heteroatoms. The van der Waals surface area contributed by atoms with Crippen molar-refractivity contribution in [2.75, 3.05) is 26.2 Å². The molecule has 1 saturated heterocycles. The molecule has 0 saturated carbocycles. The van der Waals surface area contributed by atoms with Gasteiger partial charge in [-0.05, 0) is 6.42 Å². The molecule has 2 N–H and O–H groups in total. The van der Waals surface area contributed by atoms with Crippen molar-refractivity contribution in [3.63, 3.8) is 0 Å². The van der Waals surface area contributed by atoms with Crippen LogP contribution < -0.4 is 5.32 Å². The maximum absolute atomic E-state index is 9.69. The number of aliphatic hydroxyl groups excluding tert-OH is 1. The summed E-state index contributed by atoms with van der Waals surface area (Å²) in [5.74, 6) is 0. The molecule has 0 unspecified atom stereocenters. The van der Waals surface area contributed by atoms with E-state index in [-0.39, 0.29) is 6.10 Å². The highest BCUT2D eigenvalue weighted by Crippen LogP contribution is 2.19. The minimum absolute atomic E-state index is 0.196. The number of hydrogen-bond donors (Lipinski definition) is 2. The van der Waals surface area contributed by atoms with E-state index in [9.17, 15) is 5.11 Å². The van der Waals surface area contributed by atoms with Gasteiger partial charge in [-0.1, -0.05) is 22.0 Å². The van der Waals surface area contributed by atoms with Crippen molar-refractivity contribution in [2.24, 2.45) is 0 Å². The van der Waals surface area contributed by atoms with Gasteiger partial charge in [0, 0.05) is 36.7 Å². The average molecular weight is 247 g/mol. The lowest BCUT2D eigenvalue weighted by Gasteiger charge is -2.32. The third-order valence-electron chi connectivity index (χ3n) is 2.76. The normalized spacial score (nSPS) is 36.3. The van der Waals surface area contributed by atoms with E-state index in [4.69, 9.17) is 0 Å². The highest BCUT2D eigenvalue weighted by Gasteiger charge is 2.31. The van der Waals surface area contributed by atoms with Gasteiger partial charge in [0.1, 0.15) is 0 Å². The minimum atomic E-state index is -0.196. The number of β-amino-alcohol motifs (C(OH)–C–C–N with tert-alkyl or cyclic N) is 1. The summed E-state index contributed by atoms with van der Waals surface area (Å²) in [7, 11) is 0. The van der Waals surface area contributed by atoms with Crippen molar-refractivity contribution in [1.29, 1.82) is 0 Å². The second-order valence-electron chi connectivity index (χ2n) is 3.70. The third-order valence-corrected chi connectivity index (χ3v) is 3.33. The highest BCUT2D eigenvalue weighted by molar-refractivity contribution is 9.11. The van der Waals surface area contributed by atoms with Gasteiger partial charge in [0.15, 0.2) is 0 Å². The van der Waals surface area contributed by atoms with Crippen molar-refractivity contribution in [2.45, 2.75) is 18.6 Å². The number of hydrogen-bond acceptors (Lipinski definition) is 3. The predicted molar refractivity (Wildman–Crippen MR) is 55.9 cm³/mol. The Bertz CT molecular complexity index is 220. The van der Waals surface area contributed by atoms with Crippen LogP contribution in [-0.2, 0) is 0 Å². The monoisotopic (exact) mass is 246 g/mol. The van der Waals surface area contributed by atoms with E-state index in [2.05, 4.69) is 32.2 Å². The van der Waals surface area contributed by atoms with Crippen molar-refractivity contribution >= 4 is 15.9 Å². The number of rotatable bonds is 1. The number of nitrogens with one attached hydrogen (secondary N) is 1. The molecule has 0 aliphatic carbocycles. The first-order valence-corrected chi connectivity index (χ1v) is 5.54. The van der Waals surface area contributed by atoms with Crippen molar-refractivity contribution in [1.82, 2.24) is 10.2 Å². The van der Waals surface area contributed by atoms with Gasteiger partial charge in [0.05, 0.1) is 6.10 Å². The highest BCUT2D eigenvalue weighted by atomic mass is 79.9. The van der Waals surface area contributed by atoms with E-state index >= 15 is 0 Å². The van der Waals surface area contributed by atoms with Crippen molar-refractivity contribution < 1.29 is 5.11 Å². The van der Waals surface area contributed by atoms with Gasteiger partial charge in [-0.2, -0.15) is 0 Å². The van der Waals surface area contributed by atoms with Gasteiger partial charge in [0.25, 0.3) is 0 Å². The van der Waals surface area contributed by atoms with Crippen LogP contribution in [0.4, 0.5) is 0 Å². The fourth-order valence-electron chi connectivity index (χ4n) is 2.03. The molecule has 0 amide bonds. The van der Waals surface area contributed by atoms with Crippen LogP contribution in [0.2, 0.25) is 0 Å². The van der Waals surface area contributed by atoms with Gasteiger partial charge >= 0.3 is 0 Å². The van der Waals surface area contributed by atoms with Gasteiger partial charge in [-0.3, -0.25) is 4.90 Å². The summed E-state index contributed by atoms with van der Waals surface area (Å²) in [6, 6.07) is 0.307. The van der Waals surface area contributed by atoms with Gasteiger partial charge < -0.3 is 10.4 Å². The second-order valence-corrected chi connectivity index (χ2v) is 4.72. The number of halogens is 1. The van der Waals surface area contributed by atoms with Crippen LogP contribution in [0.3, 0.4) is 0 Å². The van der Waals surface area contributed by atoms with Gasteiger partial charge in [0.2, 0.25) is 0 Å². The van der Waals surface area contributed by atoms with Crippen LogP contribution in [-0.4, -0.2) is 48.3 Å². The fraction of sp³-hybridized carbons (Fsp3) is 0.778. The topological polar surface area (TPSA) is 35.5 Å². The van der Waals surface area contributed by atoms with Crippen LogP contribution in [0.1, 0.15) is 6.42 Å². The number of aliphatic hydroxyl groups is 1. The quantitative estimate of drug-likeness (QED) is 0.699. The molecule has 2 aliphatic heterocycles. The largest absolute Gasteiger partial charge is 0.390 e. The standard InChI is InChI=1S/C9H15BrN2O/c10-7-2-1-3-12(6-7)8-4-11-5-9(8)13/h2,8-9,11,13H,1,3-6H2/t8-,9-/m1/s1. The minimum Gasteiger partial charge on any atom is -0.390 e. The molecule has 0 aromatic carbocycles. The summed E-state index contributed by atoms with van der Waals surface area (Å²) in [6.45, 7) is 3.67. The summed E-state index contributed by atoms with van der Waals surface area (Å²) in [6.07, 6.45) is 3.10. The van der Waals surface area contributed by atoms with Crippen LogP contribution in [0.5, 0.6) is 0 Å². The zero-order chi connectivity index (χ0) is 9.26. The molecule has 13 heavy (non-hydrogen) atoms. The summed E-state index contributed by atoms with van der Waals surface area (Å²) in [4.78, 5) is 2.34. The molecule has 2 rings (SSSR count). The Kier molecular flexibility index (Phi) is 3.03. The molecule has 74 valence electrons. The summed E-state index contributed by atoms with van der Waals surface area (Å²) < 4.78 is 1.25. The van der Waals surface area contributed by atoms with Crippen LogP contribution in [0, 0.1) is 0 Å². The molecule has 0 bridgehead atoms. The smallest absolute Gasteiger partial charge is 0.0831 e. The Morgan fingerprint density at radius 1 is 1.54 bits per heavy atom. The molecule has 2 aliphatic rings. The SMILES string of the molecule is O[C@@H]1CNC[C@H]1N1CCC=C(Br)C1. The van der Waals surface area contributed by atoms with Crippen LogP contribution in [0.25, 0.3) is 0 Å². The van der Waals surface area contributed by atoms with E-state index in [0.717, 1.165) is 32.6 Å². The fourth-order valence-corrected chi connectivity index (χ4v) is 2.58. The maximum Gasteiger partial charge on any atom is 0.0831 e. The van der Waals surface area contributed by atoms with Gasteiger partial charge in [-0.25, -0.2) is 0 Å². The second kappa shape index (κ2) is 4.09. The molecule has 0 aromatic rings. The molecular formula is C9H15BrN2O. The average Bonchev–Trinajstić information content (AvgIpc) is 2.51. The molecule has 2 heterocycles. The Labute approximate surface area is 86.9 Å². The first-order chi connectivity index (χ1) is 6.27. The molecule has 0 aromatic heterocycles. The molecule has 0 radical (unpaired) electrons. The van der Waals surface area contributed by atoms with Crippen molar-refractivity contribution in [3.8, 4) is 0 Å². The summed E-state index contributed by atoms with van der Waals surface area (Å²) in [5, 5.41) is 12.9. The first kappa shape index (κ1) is 9.65. The van der Waals surface area contributed by atoms with Crippen LogP contribution >= 0.6 is 15.9 Å². The van der Waals surface area contributed by atoms with Gasteiger partial charge in [-0.15, -0.1) is 0 Å². The lowest BCUT2D eigenvalue weighted by atomic mass is 10.1. The summed E-state index contributed by atoms with van der Waals surface area (Å²) in [5.41, 5.74) is 0. The Hall–Kier alpha value is 0.100. The molecular weight excluding hydrogens is 232 g/mol. The van der Waals surface area contributed by atoms with E-state index in [0.29, 0.717) is 6.04 Å². The zero-order valence-corrected chi connectivity index (χ0v) is 9.13. The Balaban J connectivity index is 1.97. The Morgan fingerprint density at radius 2 is 2.38 bits per heavy atom. The van der Waals surface area contributed by atoms with E-state index in [1.165, 1.54) is 4.48 Å². The van der Waals surface area contributed by atoms with Crippen LogP contribution in [0.15, 0.2) is 10.6 Å². The lowest BCUT2D eigenvalue weighted by Crippen LogP contribution is -2.45. The molecule has 1 fully saturated rings.